The number of thiol groups is 1. The highest BCUT2D eigenvalue weighted by Crippen LogP contribution is 2.25. The standard InChI is InChI=1S/C6H10N4S/c1-4-5(3-7)6(8)10(11)9(4)2/h6,11H,8H2,1-2H3. The molecule has 1 unspecified atom stereocenters. The molecule has 1 aliphatic heterocycles. The maximum Gasteiger partial charge on any atom is 0.124 e. The molecule has 60 valence electrons. The van der Waals surface area contributed by atoms with Gasteiger partial charge in [0.1, 0.15) is 6.17 Å². The van der Waals surface area contributed by atoms with E-state index in [0.29, 0.717) is 5.57 Å². The molecule has 0 aromatic carbocycles. The van der Waals surface area contributed by atoms with Crippen molar-refractivity contribution < 1.29 is 0 Å². The van der Waals surface area contributed by atoms with Crippen LogP contribution in [0.3, 0.4) is 0 Å². The highest BCUT2D eigenvalue weighted by Gasteiger charge is 2.30. The largest absolute Gasteiger partial charge is 0.309 e. The van der Waals surface area contributed by atoms with Crippen LogP contribution in [-0.4, -0.2) is 22.6 Å². The second kappa shape index (κ2) is 2.74. The Bertz CT molecular complexity index is 241. The Morgan fingerprint density at radius 3 is 2.45 bits per heavy atom. The molecule has 11 heavy (non-hydrogen) atoms. The minimum Gasteiger partial charge on any atom is -0.309 e. The van der Waals surface area contributed by atoms with Crippen molar-refractivity contribution in [1.29, 1.82) is 5.26 Å². The first-order valence-electron chi connectivity index (χ1n) is 3.17. The maximum atomic E-state index is 8.67. The van der Waals surface area contributed by atoms with Gasteiger partial charge in [-0.25, -0.2) is 0 Å². The minimum absolute atomic E-state index is 0.409. The summed E-state index contributed by atoms with van der Waals surface area (Å²) in [5.41, 5.74) is 7.07. The van der Waals surface area contributed by atoms with Crippen molar-refractivity contribution in [3.05, 3.63) is 11.3 Å². The van der Waals surface area contributed by atoms with Gasteiger partial charge in [0.2, 0.25) is 0 Å². The van der Waals surface area contributed by atoms with Gasteiger partial charge in [0, 0.05) is 12.7 Å². The van der Waals surface area contributed by atoms with Crippen LogP contribution in [0.1, 0.15) is 6.92 Å². The van der Waals surface area contributed by atoms with Gasteiger partial charge in [0.15, 0.2) is 0 Å². The molecule has 1 atom stereocenters. The highest BCUT2D eigenvalue weighted by atomic mass is 32.1. The van der Waals surface area contributed by atoms with Crippen LogP contribution in [-0.2, 0) is 0 Å². The number of nitriles is 1. The predicted molar refractivity (Wildman–Crippen MR) is 44.9 cm³/mol. The fourth-order valence-electron chi connectivity index (χ4n) is 0.991. The van der Waals surface area contributed by atoms with Crippen LogP contribution < -0.4 is 5.73 Å². The molecule has 1 rings (SSSR count). The molecule has 1 aliphatic rings. The molecule has 0 fully saturated rings. The molecule has 0 spiro atoms. The van der Waals surface area contributed by atoms with E-state index in [1.807, 2.05) is 20.0 Å². The molecule has 5 heteroatoms. The lowest BCUT2D eigenvalue weighted by Crippen LogP contribution is -2.38. The van der Waals surface area contributed by atoms with E-state index in [-0.39, 0.29) is 0 Å². The second-order valence-corrected chi connectivity index (χ2v) is 2.81. The Hall–Kier alpha value is -0.700. The molecular formula is C6H10N4S. The Morgan fingerprint density at radius 2 is 2.27 bits per heavy atom. The molecule has 0 saturated carbocycles. The van der Waals surface area contributed by atoms with E-state index >= 15 is 0 Å². The summed E-state index contributed by atoms with van der Waals surface area (Å²) >= 11 is 4.10. The Labute approximate surface area is 71.4 Å². The van der Waals surface area contributed by atoms with Crippen LogP contribution in [0.25, 0.3) is 0 Å². The Kier molecular flexibility index (Phi) is 2.09. The Morgan fingerprint density at radius 1 is 1.73 bits per heavy atom. The first-order chi connectivity index (χ1) is 5.09. The summed E-state index contributed by atoms with van der Waals surface area (Å²) in [6.07, 6.45) is -0.409. The molecule has 2 N–H and O–H groups in total. The maximum absolute atomic E-state index is 8.67. The SMILES string of the molecule is CC1=C(C#N)C(N)N(S)N1C. The van der Waals surface area contributed by atoms with Gasteiger partial charge in [-0.1, -0.05) is 12.8 Å². The number of nitrogens with two attached hydrogens (primary N) is 1. The topological polar surface area (TPSA) is 56.3 Å². The molecule has 0 saturated heterocycles. The summed E-state index contributed by atoms with van der Waals surface area (Å²) in [7, 11) is 1.81. The number of rotatable bonds is 0. The molecule has 4 nitrogen and oxygen atoms in total. The van der Waals surface area contributed by atoms with Gasteiger partial charge < -0.3 is 10.7 Å². The van der Waals surface area contributed by atoms with Crippen molar-refractivity contribution in [2.75, 3.05) is 7.05 Å². The van der Waals surface area contributed by atoms with Crippen LogP contribution in [0.4, 0.5) is 0 Å². The first kappa shape index (κ1) is 8.40. The number of hydrogen-bond donors (Lipinski definition) is 2. The molecule has 0 aromatic heterocycles. The predicted octanol–water partition coefficient (Wildman–Crippen LogP) is 0.0760. The van der Waals surface area contributed by atoms with Crippen LogP contribution in [0, 0.1) is 11.3 Å². The molecule has 1 heterocycles. The van der Waals surface area contributed by atoms with Crippen molar-refractivity contribution in [2.45, 2.75) is 13.1 Å². The number of hydrazine groups is 1. The van der Waals surface area contributed by atoms with Gasteiger partial charge in [0.25, 0.3) is 0 Å². The fourth-order valence-corrected chi connectivity index (χ4v) is 1.24. The average Bonchev–Trinajstić information content (AvgIpc) is 2.17. The van der Waals surface area contributed by atoms with Crippen molar-refractivity contribution in [2.24, 2.45) is 5.73 Å². The van der Waals surface area contributed by atoms with Gasteiger partial charge in [0.05, 0.1) is 11.6 Å². The van der Waals surface area contributed by atoms with E-state index in [9.17, 15) is 0 Å². The summed E-state index contributed by atoms with van der Waals surface area (Å²) < 4.78 is 1.52. The van der Waals surface area contributed by atoms with E-state index in [4.69, 9.17) is 11.0 Å². The number of nitrogens with zero attached hydrogens (tertiary/aromatic N) is 3. The summed E-state index contributed by atoms with van der Waals surface area (Å²) in [6.45, 7) is 1.84. The Balaban J connectivity index is 3.00. The molecule has 0 radical (unpaired) electrons. The summed E-state index contributed by atoms with van der Waals surface area (Å²) in [6, 6.07) is 2.05. The summed E-state index contributed by atoms with van der Waals surface area (Å²) in [4.78, 5) is 0. The smallest absolute Gasteiger partial charge is 0.124 e. The summed E-state index contributed by atoms with van der Waals surface area (Å²) in [5, 5.41) is 10.4. The van der Waals surface area contributed by atoms with E-state index in [0.717, 1.165) is 5.70 Å². The molecule has 0 bridgehead atoms. The van der Waals surface area contributed by atoms with E-state index in [1.54, 1.807) is 5.01 Å². The third-order valence-electron chi connectivity index (χ3n) is 1.85. The van der Waals surface area contributed by atoms with Crippen LogP contribution in [0.2, 0.25) is 0 Å². The molecule has 0 aliphatic carbocycles. The second-order valence-electron chi connectivity index (χ2n) is 2.40. The minimum atomic E-state index is -0.409. The first-order valence-corrected chi connectivity index (χ1v) is 3.57. The number of allylic oxidation sites excluding steroid dienone is 1. The zero-order chi connectivity index (χ0) is 8.59. The van der Waals surface area contributed by atoms with Crippen molar-refractivity contribution in [3.63, 3.8) is 0 Å². The van der Waals surface area contributed by atoms with Crippen molar-refractivity contribution in [3.8, 4) is 6.07 Å². The lowest BCUT2D eigenvalue weighted by atomic mass is 10.2. The normalized spacial score (nSPS) is 26.1. The molecule has 0 amide bonds. The molecule has 0 aromatic rings. The van der Waals surface area contributed by atoms with E-state index in [1.165, 1.54) is 4.41 Å². The lowest BCUT2D eigenvalue weighted by Gasteiger charge is -2.23. The zero-order valence-corrected chi connectivity index (χ0v) is 7.34. The van der Waals surface area contributed by atoms with Crippen LogP contribution in [0.5, 0.6) is 0 Å². The zero-order valence-electron chi connectivity index (χ0n) is 6.44. The van der Waals surface area contributed by atoms with Gasteiger partial charge in [-0.3, -0.25) is 0 Å². The van der Waals surface area contributed by atoms with Crippen LogP contribution in [0.15, 0.2) is 11.3 Å². The molecular weight excluding hydrogens is 160 g/mol. The van der Waals surface area contributed by atoms with Crippen molar-refractivity contribution in [1.82, 2.24) is 9.42 Å². The highest BCUT2D eigenvalue weighted by molar-refractivity contribution is 7.77. The summed E-state index contributed by atoms with van der Waals surface area (Å²) in [5.74, 6) is 0. The van der Waals surface area contributed by atoms with Crippen LogP contribution >= 0.6 is 12.8 Å². The third kappa shape index (κ3) is 1.09. The number of hydrogen-bond acceptors (Lipinski definition) is 5. The van der Waals surface area contributed by atoms with Gasteiger partial charge in [-0.2, -0.15) is 5.26 Å². The van der Waals surface area contributed by atoms with Gasteiger partial charge in [-0.15, -0.1) is 4.41 Å². The van der Waals surface area contributed by atoms with Gasteiger partial charge >= 0.3 is 0 Å². The quantitative estimate of drug-likeness (QED) is 0.505. The van der Waals surface area contributed by atoms with E-state index < -0.39 is 6.17 Å². The lowest BCUT2D eigenvalue weighted by molar-refractivity contribution is 0.159. The third-order valence-corrected chi connectivity index (χ3v) is 2.36. The monoisotopic (exact) mass is 170 g/mol. The van der Waals surface area contributed by atoms with Gasteiger partial charge in [-0.05, 0) is 6.92 Å². The van der Waals surface area contributed by atoms with Crippen molar-refractivity contribution >= 4 is 12.8 Å². The fraction of sp³-hybridized carbons (Fsp3) is 0.500. The average molecular weight is 170 g/mol. The van der Waals surface area contributed by atoms with E-state index in [2.05, 4.69) is 12.8 Å².